The molecule has 0 unspecified atom stereocenters. The van der Waals surface area contributed by atoms with E-state index in [-0.39, 0.29) is 11.5 Å². The number of carbonyl (C=O) groups excluding carboxylic acids is 1. The number of para-hydroxylation sites is 2. The molecule has 1 aliphatic rings. The van der Waals surface area contributed by atoms with Gasteiger partial charge in [-0.3, -0.25) is 9.59 Å². The van der Waals surface area contributed by atoms with Crippen molar-refractivity contribution in [3.63, 3.8) is 0 Å². The second-order valence-corrected chi connectivity index (χ2v) is 8.21. The molecule has 7 heteroatoms. The van der Waals surface area contributed by atoms with E-state index in [9.17, 15) is 9.59 Å². The molecule has 0 radical (unpaired) electrons. The summed E-state index contributed by atoms with van der Waals surface area (Å²) in [4.78, 5) is 30.9. The van der Waals surface area contributed by atoms with Crippen molar-refractivity contribution in [2.75, 3.05) is 38.2 Å². The maximum Gasteiger partial charge on any atom is 0.259 e. The predicted octanol–water partition coefficient (Wildman–Crippen LogP) is 2.88. The number of benzene rings is 1. The normalized spacial score (nSPS) is 14.5. The van der Waals surface area contributed by atoms with Gasteiger partial charge in [0, 0.05) is 49.0 Å². The summed E-state index contributed by atoms with van der Waals surface area (Å²) in [5.41, 5.74) is 1.49. The van der Waals surface area contributed by atoms with Gasteiger partial charge in [0.05, 0.1) is 23.7 Å². The number of hydrogen-bond acceptors (Lipinski definition) is 5. The number of fused-ring (bicyclic) bond motifs is 1. The number of nitrogens with zero attached hydrogens (tertiary/aromatic N) is 3. The van der Waals surface area contributed by atoms with Gasteiger partial charge in [-0.05, 0) is 25.1 Å². The van der Waals surface area contributed by atoms with Crippen molar-refractivity contribution in [2.24, 2.45) is 7.05 Å². The number of piperazine rings is 1. The Balaban J connectivity index is 1.58. The first-order valence-corrected chi connectivity index (χ1v) is 10.1. The lowest BCUT2D eigenvalue weighted by Gasteiger charge is -2.36. The molecular weight excluding hydrogens is 374 g/mol. The third-order valence-electron chi connectivity index (χ3n) is 5.30. The van der Waals surface area contributed by atoms with Gasteiger partial charge in [0.1, 0.15) is 5.75 Å². The van der Waals surface area contributed by atoms with Crippen LogP contribution in [0.3, 0.4) is 0 Å². The zero-order chi connectivity index (χ0) is 19.8. The molecule has 1 fully saturated rings. The first-order chi connectivity index (χ1) is 13.5. The number of methoxy groups -OCH3 is 1. The van der Waals surface area contributed by atoms with Gasteiger partial charge in [0.2, 0.25) is 0 Å². The number of hydrogen-bond donors (Lipinski definition) is 0. The van der Waals surface area contributed by atoms with Crippen LogP contribution in [0.15, 0.2) is 41.3 Å². The van der Waals surface area contributed by atoms with Crippen molar-refractivity contribution in [3.8, 4) is 5.75 Å². The molecule has 6 nitrogen and oxygen atoms in total. The maximum absolute atomic E-state index is 13.3. The molecule has 0 N–H and O–H groups in total. The lowest BCUT2D eigenvalue weighted by atomic mass is 10.1. The van der Waals surface area contributed by atoms with Crippen LogP contribution < -0.4 is 15.2 Å². The Morgan fingerprint density at radius 2 is 1.82 bits per heavy atom. The van der Waals surface area contributed by atoms with E-state index in [4.69, 9.17) is 4.74 Å². The number of aryl methyl sites for hydroxylation is 2. The maximum atomic E-state index is 13.3. The number of rotatable bonds is 3. The molecule has 0 spiro atoms. The predicted molar refractivity (Wildman–Crippen MR) is 113 cm³/mol. The Hall–Kier alpha value is -2.80. The molecule has 1 aromatic carbocycles. The van der Waals surface area contributed by atoms with E-state index in [1.165, 1.54) is 15.9 Å². The van der Waals surface area contributed by atoms with Crippen molar-refractivity contribution in [1.29, 1.82) is 0 Å². The van der Waals surface area contributed by atoms with E-state index in [0.717, 1.165) is 34.1 Å². The van der Waals surface area contributed by atoms with Crippen LogP contribution in [0.25, 0.3) is 10.1 Å². The summed E-state index contributed by atoms with van der Waals surface area (Å²) in [6, 6.07) is 9.84. The Labute approximate surface area is 167 Å². The van der Waals surface area contributed by atoms with Crippen molar-refractivity contribution in [1.82, 2.24) is 9.47 Å². The minimum Gasteiger partial charge on any atom is -0.495 e. The monoisotopic (exact) mass is 397 g/mol. The second kappa shape index (κ2) is 7.31. The van der Waals surface area contributed by atoms with Crippen molar-refractivity contribution in [3.05, 3.63) is 57.3 Å². The Morgan fingerprint density at radius 1 is 1.11 bits per heavy atom. The number of ether oxygens (including phenoxy) is 1. The number of carbonyl (C=O) groups is 1. The number of pyridine rings is 1. The molecule has 0 atom stereocenters. The zero-order valence-electron chi connectivity index (χ0n) is 16.3. The molecule has 0 bridgehead atoms. The molecule has 3 aromatic rings. The molecule has 28 heavy (non-hydrogen) atoms. The second-order valence-electron chi connectivity index (χ2n) is 6.96. The smallest absolute Gasteiger partial charge is 0.259 e. The van der Waals surface area contributed by atoms with Crippen LogP contribution in [0, 0.1) is 6.92 Å². The molecule has 0 aliphatic carbocycles. The van der Waals surface area contributed by atoms with Gasteiger partial charge in [-0.15, -0.1) is 11.3 Å². The quantitative estimate of drug-likeness (QED) is 0.682. The van der Waals surface area contributed by atoms with E-state index in [1.54, 1.807) is 20.4 Å². The van der Waals surface area contributed by atoms with Gasteiger partial charge < -0.3 is 19.1 Å². The highest BCUT2D eigenvalue weighted by Gasteiger charge is 2.28. The summed E-state index contributed by atoms with van der Waals surface area (Å²) in [6.45, 7) is 4.60. The van der Waals surface area contributed by atoms with E-state index >= 15 is 0 Å². The largest absolute Gasteiger partial charge is 0.495 e. The molecule has 2 aromatic heterocycles. The third kappa shape index (κ3) is 3.05. The SMILES string of the molecule is COc1ccccc1N1CCN(C(=O)c2c(C)sc3ccn(C)c(=O)c23)CC1. The standard InChI is InChI=1S/C21H23N3O3S/c1-14-18(19-17(28-14)8-9-22(2)20(19)25)21(26)24-12-10-23(11-13-24)15-6-4-5-7-16(15)27-3/h4-9H,10-13H2,1-3H3. The molecule has 146 valence electrons. The summed E-state index contributed by atoms with van der Waals surface area (Å²) >= 11 is 1.51. The number of thiophene rings is 1. The zero-order valence-corrected chi connectivity index (χ0v) is 17.1. The average molecular weight is 398 g/mol. The summed E-state index contributed by atoms with van der Waals surface area (Å²) < 4.78 is 7.87. The molecule has 1 amide bonds. The molecule has 0 saturated carbocycles. The summed E-state index contributed by atoms with van der Waals surface area (Å²) in [6.07, 6.45) is 1.75. The van der Waals surface area contributed by atoms with E-state index in [2.05, 4.69) is 4.90 Å². The number of aromatic nitrogens is 1. The van der Waals surface area contributed by atoms with Gasteiger partial charge in [-0.25, -0.2) is 0 Å². The first kappa shape index (κ1) is 18.6. The van der Waals surface area contributed by atoms with E-state index < -0.39 is 0 Å². The highest BCUT2D eigenvalue weighted by atomic mass is 32.1. The summed E-state index contributed by atoms with van der Waals surface area (Å²) in [7, 11) is 3.39. The van der Waals surface area contributed by atoms with Crippen molar-refractivity contribution < 1.29 is 9.53 Å². The molecule has 4 rings (SSSR count). The molecule has 1 saturated heterocycles. The van der Waals surface area contributed by atoms with E-state index in [1.807, 2.05) is 42.2 Å². The average Bonchev–Trinajstić information content (AvgIpc) is 3.07. The van der Waals surface area contributed by atoms with Gasteiger partial charge in [0.25, 0.3) is 11.5 Å². The van der Waals surface area contributed by atoms with Crippen LogP contribution in [0.2, 0.25) is 0 Å². The molecular formula is C21H23N3O3S. The summed E-state index contributed by atoms with van der Waals surface area (Å²) in [5.74, 6) is 0.789. The van der Waals surface area contributed by atoms with Crippen molar-refractivity contribution >= 4 is 33.0 Å². The van der Waals surface area contributed by atoms with Crippen LogP contribution in [-0.2, 0) is 7.05 Å². The van der Waals surface area contributed by atoms with Crippen molar-refractivity contribution in [2.45, 2.75) is 6.92 Å². The lowest BCUT2D eigenvalue weighted by Crippen LogP contribution is -2.49. The minimum atomic E-state index is -0.113. The number of amides is 1. The van der Waals surface area contributed by atoms with Gasteiger partial charge >= 0.3 is 0 Å². The third-order valence-corrected chi connectivity index (χ3v) is 6.37. The topological polar surface area (TPSA) is 54.8 Å². The fourth-order valence-electron chi connectivity index (χ4n) is 3.78. The van der Waals surface area contributed by atoms with Crippen LogP contribution in [0.4, 0.5) is 5.69 Å². The molecule has 3 heterocycles. The first-order valence-electron chi connectivity index (χ1n) is 9.27. The number of anilines is 1. The van der Waals surface area contributed by atoms with E-state index in [0.29, 0.717) is 24.0 Å². The van der Waals surface area contributed by atoms with Crippen LogP contribution in [-0.4, -0.2) is 48.7 Å². The fourth-order valence-corrected chi connectivity index (χ4v) is 4.82. The van der Waals surface area contributed by atoms with Gasteiger partial charge in [-0.1, -0.05) is 12.1 Å². The summed E-state index contributed by atoms with van der Waals surface area (Å²) in [5, 5.41) is 0.546. The van der Waals surface area contributed by atoms with Gasteiger partial charge in [0.15, 0.2) is 0 Å². The Morgan fingerprint density at radius 3 is 2.54 bits per heavy atom. The van der Waals surface area contributed by atoms with Crippen LogP contribution in [0.1, 0.15) is 15.2 Å². The highest BCUT2D eigenvalue weighted by Crippen LogP contribution is 2.31. The highest BCUT2D eigenvalue weighted by molar-refractivity contribution is 7.19. The minimum absolute atomic E-state index is 0.0493. The Kier molecular flexibility index (Phi) is 4.85. The van der Waals surface area contributed by atoms with Gasteiger partial charge in [-0.2, -0.15) is 0 Å². The molecule has 1 aliphatic heterocycles. The fraction of sp³-hybridized carbons (Fsp3) is 0.333. The van der Waals surface area contributed by atoms with Crippen LogP contribution in [0.5, 0.6) is 5.75 Å². The Bertz CT molecular complexity index is 1090. The lowest BCUT2D eigenvalue weighted by molar-refractivity contribution is 0.0748. The van der Waals surface area contributed by atoms with Crippen LogP contribution >= 0.6 is 11.3 Å².